The van der Waals surface area contributed by atoms with Crippen LogP contribution < -0.4 is 15.8 Å². The summed E-state index contributed by atoms with van der Waals surface area (Å²) in [7, 11) is 1.54. The molecule has 0 aliphatic rings. The highest BCUT2D eigenvalue weighted by Crippen LogP contribution is 2.26. The smallest absolute Gasteiger partial charge is 0.255 e. The molecule has 0 saturated carbocycles. The molecule has 0 fully saturated rings. The third-order valence-electron chi connectivity index (χ3n) is 5.03. The molecule has 1 heterocycles. The number of aromatic nitrogens is 1. The number of rotatable bonds is 6. The number of ether oxygens (including phenoxy) is 1. The first-order chi connectivity index (χ1) is 15.5. The van der Waals surface area contributed by atoms with Gasteiger partial charge in [-0.25, -0.2) is 4.98 Å². The van der Waals surface area contributed by atoms with E-state index in [1.165, 1.54) is 7.11 Å². The van der Waals surface area contributed by atoms with E-state index < -0.39 is 5.91 Å². The van der Waals surface area contributed by atoms with Gasteiger partial charge in [0.25, 0.3) is 5.91 Å². The molecule has 0 spiro atoms. The van der Waals surface area contributed by atoms with E-state index >= 15 is 0 Å². The zero-order valence-corrected chi connectivity index (χ0v) is 17.4. The Morgan fingerprint density at radius 1 is 0.781 bits per heavy atom. The van der Waals surface area contributed by atoms with Crippen LogP contribution in [0.3, 0.4) is 0 Å². The van der Waals surface area contributed by atoms with Gasteiger partial charge in [0.15, 0.2) is 0 Å². The van der Waals surface area contributed by atoms with Gasteiger partial charge in [0.1, 0.15) is 0 Å². The molecular weight excluding hydrogens is 402 g/mol. The van der Waals surface area contributed by atoms with Crippen molar-refractivity contribution >= 4 is 17.5 Å². The van der Waals surface area contributed by atoms with E-state index in [1.807, 2.05) is 54.6 Å². The number of nitrogens with two attached hydrogens (primary N) is 1. The second-order valence-corrected chi connectivity index (χ2v) is 7.15. The number of carbonyl (C=O) groups is 2. The first-order valence-corrected chi connectivity index (χ1v) is 9.95. The zero-order valence-electron chi connectivity index (χ0n) is 17.4. The largest absolute Gasteiger partial charge is 0.481 e. The average molecular weight is 423 g/mol. The summed E-state index contributed by atoms with van der Waals surface area (Å²) in [6, 6.07) is 26.0. The molecule has 2 amide bonds. The number of nitrogens with zero attached hydrogens (tertiary/aromatic N) is 1. The van der Waals surface area contributed by atoms with Gasteiger partial charge in [-0.3, -0.25) is 9.59 Å². The second kappa shape index (κ2) is 9.14. The highest BCUT2D eigenvalue weighted by Gasteiger charge is 2.09. The maximum Gasteiger partial charge on any atom is 0.255 e. The highest BCUT2D eigenvalue weighted by atomic mass is 16.5. The molecule has 158 valence electrons. The molecular formula is C26H21N3O3. The van der Waals surface area contributed by atoms with Crippen molar-refractivity contribution < 1.29 is 14.3 Å². The summed E-state index contributed by atoms with van der Waals surface area (Å²) in [6.07, 6.45) is 1.55. The van der Waals surface area contributed by atoms with Gasteiger partial charge in [-0.15, -0.1) is 0 Å². The fraction of sp³-hybridized carbons (Fsp3) is 0.0385. The van der Waals surface area contributed by atoms with Crippen LogP contribution in [0.4, 0.5) is 5.69 Å². The first kappa shape index (κ1) is 20.8. The van der Waals surface area contributed by atoms with Gasteiger partial charge in [0, 0.05) is 17.2 Å². The zero-order chi connectivity index (χ0) is 22.5. The lowest BCUT2D eigenvalue weighted by atomic mass is 9.98. The Kier molecular flexibility index (Phi) is 5.94. The van der Waals surface area contributed by atoms with Crippen LogP contribution in [-0.4, -0.2) is 23.9 Å². The molecule has 32 heavy (non-hydrogen) atoms. The van der Waals surface area contributed by atoms with E-state index in [0.717, 1.165) is 22.3 Å². The summed E-state index contributed by atoms with van der Waals surface area (Å²) in [4.78, 5) is 28.2. The van der Waals surface area contributed by atoms with E-state index in [0.29, 0.717) is 22.7 Å². The number of benzene rings is 3. The van der Waals surface area contributed by atoms with Gasteiger partial charge < -0.3 is 15.8 Å². The fourth-order valence-corrected chi connectivity index (χ4v) is 3.33. The standard InChI is InChI=1S/C26H21N3O3/c1-32-24-13-12-23(16-28-24)29-26(31)22-7-3-5-20(15-22)18-10-8-17(9-11-18)19-4-2-6-21(14-19)25(27)30/h2-16H,1H3,(H2,27,30)(H,29,31). The number of hydrogen-bond acceptors (Lipinski definition) is 4. The Balaban J connectivity index is 1.53. The van der Waals surface area contributed by atoms with E-state index in [-0.39, 0.29) is 5.91 Å². The van der Waals surface area contributed by atoms with Crippen LogP contribution in [-0.2, 0) is 0 Å². The van der Waals surface area contributed by atoms with Gasteiger partial charge in [-0.2, -0.15) is 0 Å². The summed E-state index contributed by atoms with van der Waals surface area (Å²) in [6.45, 7) is 0. The number of pyridine rings is 1. The number of nitrogens with one attached hydrogen (secondary N) is 1. The fourth-order valence-electron chi connectivity index (χ4n) is 3.33. The van der Waals surface area contributed by atoms with Crippen molar-refractivity contribution in [3.05, 3.63) is 102 Å². The van der Waals surface area contributed by atoms with Crippen molar-refractivity contribution in [2.24, 2.45) is 5.73 Å². The third-order valence-corrected chi connectivity index (χ3v) is 5.03. The molecule has 0 bridgehead atoms. The van der Waals surface area contributed by atoms with Crippen molar-refractivity contribution in [1.29, 1.82) is 0 Å². The summed E-state index contributed by atoms with van der Waals surface area (Å²) in [5, 5.41) is 2.84. The second-order valence-electron chi connectivity index (χ2n) is 7.15. The third kappa shape index (κ3) is 4.65. The first-order valence-electron chi connectivity index (χ1n) is 9.95. The molecule has 6 heteroatoms. The molecule has 0 unspecified atom stereocenters. The van der Waals surface area contributed by atoms with Crippen LogP contribution in [0.25, 0.3) is 22.3 Å². The lowest BCUT2D eigenvalue weighted by Gasteiger charge is -2.09. The van der Waals surface area contributed by atoms with Gasteiger partial charge in [-0.1, -0.05) is 48.5 Å². The number of anilines is 1. The Labute approximate surface area is 185 Å². The molecule has 0 aliphatic heterocycles. The highest BCUT2D eigenvalue weighted by molar-refractivity contribution is 6.05. The quantitative estimate of drug-likeness (QED) is 0.467. The molecule has 0 atom stereocenters. The number of primary amides is 1. The van der Waals surface area contributed by atoms with Gasteiger partial charge >= 0.3 is 0 Å². The van der Waals surface area contributed by atoms with Crippen LogP contribution in [0.15, 0.2) is 91.1 Å². The molecule has 0 saturated heterocycles. The minimum atomic E-state index is -0.455. The van der Waals surface area contributed by atoms with Crippen molar-refractivity contribution in [3.63, 3.8) is 0 Å². The number of amides is 2. The predicted molar refractivity (Wildman–Crippen MR) is 125 cm³/mol. The van der Waals surface area contributed by atoms with Crippen molar-refractivity contribution in [1.82, 2.24) is 4.98 Å². The Bertz CT molecular complexity index is 1270. The molecule has 4 rings (SSSR count). The van der Waals surface area contributed by atoms with E-state index in [4.69, 9.17) is 10.5 Å². The van der Waals surface area contributed by atoms with Gasteiger partial charge in [-0.05, 0) is 52.6 Å². The van der Waals surface area contributed by atoms with Gasteiger partial charge in [0.2, 0.25) is 11.8 Å². The lowest BCUT2D eigenvalue weighted by molar-refractivity contribution is 0.0997. The van der Waals surface area contributed by atoms with Crippen molar-refractivity contribution in [3.8, 4) is 28.1 Å². The van der Waals surface area contributed by atoms with E-state index in [2.05, 4.69) is 10.3 Å². The van der Waals surface area contributed by atoms with Crippen LogP contribution in [0.5, 0.6) is 5.88 Å². The molecule has 1 aromatic heterocycles. The van der Waals surface area contributed by atoms with Gasteiger partial charge in [0.05, 0.1) is 19.0 Å². The Morgan fingerprint density at radius 3 is 1.91 bits per heavy atom. The van der Waals surface area contributed by atoms with E-state index in [9.17, 15) is 9.59 Å². The average Bonchev–Trinajstić information content (AvgIpc) is 2.85. The van der Waals surface area contributed by atoms with Crippen LogP contribution in [0.2, 0.25) is 0 Å². The maximum absolute atomic E-state index is 12.7. The Morgan fingerprint density at radius 2 is 1.38 bits per heavy atom. The number of hydrogen-bond donors (Lipinski definition) is 2. The minimum absolute atomic E-state index is 0.223. The van der Waals surface area contributed by atoms with Crippen LogP contribution in [0.1, 0.15) is 20.7 Å². The van der Waals surface area contributed by atoms with E-state index in [1.54, 1.807) is 36.5 Å². The van der Waals surface area contributed by atoms with Crippen LogP contribution >= 0.6 is 0 Å². The molecule has 3 aromatic carbocycles. The molecule has 0 radical (unpaired) electrons. The SMILES string of the molecule is COc1ccc(NC(=O)c2cccc(-c3ccc(-c4cccc(C(N)=O)c4)cc3)c2)cn1. The summed E-state index contributed by atoms with van der Waals surface area (Å²) >= 11 is 0. The summed E-state index contributed by atoms with van der Waals surface area (Å²) in [5.41, 5.74) is 10.7. The minimum Gasteiger partial charge on any atom is -0.481 e. The normalized spacial score (nSPS) is 10.4. The predicted octanol–water partition coefficient (Wildman–Crippen LogP) is 4.78. The topological polar surface area (TPSA) is 94.3 Å². The lowest BCUT2D eigenvalue weighted by Crippen LogP contribution is -2.12. The molecule has 0 aliphatic carbocycles. The van der Waals surface area contributed by atoms with Crippen molar-refractivity contribution in [2.75, 3.05) is 12.4 Å². The number of carbonyl (C=O) groups excluding carboxylic acids is 2. The van der Waals surface area contributed by atoms with Crippen LogP contribution in [0, 0.1) is 0 Å². The summed E-state index contributed by atoms with van der Waals surface area (Å²) < 4.78 is 5.03. The maximum atomic E-state index is 12.7. The molecule has 6 nitrogen and oxygen atoms in total. The summed E-state index contributed by atoms with van der Waals surface area (Å²) in [5.74, 6) is -0.197. The van der Waals surface area contributed by atoms with Crippen molar-refractivity contribution in [2.45, 2.75) is 0 Å². The molecule has 4 aromatic rings. The molecule has 3 N–H and O–H groups in total. The Hall–Kier alpha value is -4.45. The monoisotopic (exact) mass is 423 g/mol. The number of methoxy groups -OCH3 is 1.